The molecule has 2 aromatic carbocycles. The van der Waals surface area contributed by atoms with Gasteiger partial charge in [-0.2, -0.15) is 0 Å². The van der Waals surface area contributed by atoms with Crippen LogP contribution in [0.25, 0.3) is 5.76 Å². The first-order valence-corrected chi connectivity index (χ1v) is 10.9. The van der Waals surface area contributed by atoms with Crippen LogP contribution in [0.4, 0.5) is 5.69 Å². The maximum Gasteiger partial charge on any atom is 0.307 e. The zero-order valence-electron chi connectivity index (χ0n) is 18.1. The molecule has 3 aromatic rings. The Bertz CT molecular complexity index is 1310. The van der Waals surface area contributed by atoms with E-state index in [4.69, 9.17) is 14.3 Å². The molecule has 0 bridgehead atoms. The average Bonchev–Trinajstić information content (AvgIpc) is 3.45. The summed E-state index contributed by atoms with van der Waals surface area (Å²) in [6.45, 7) is 0.632. The van der Waals surface area contributed by atoms with E-state index in [-0.39, 0.29) is 17.8 Å². The maximum atomic E-state index is 13.2. The van der Waals surface area contributed by atoms with E-state index in [2.05, 4.69) is 0 Å². The van der Waals surface area contributed by atoms with Crippen molar-refractivity contribution in [3.05, 3.63) is 88.9 Å². The van der Waals surface area contributed by atoms with Crippen LogP contribution in [0.2, 0.25) is 0 Å². The number of carboxylic acids is 1. The SMILES string of the molecule is O=C(O)Cc1ccc(N2C(=O)C(=O)/C(=C(\O)c3ccc4c(c3)CCCO4)C2c2ccco2)cc1. The minimum absolute atomic E-state index is 0.0776. The molecule has 8 heteroatoms. The first-order valence-electron chi connectivity index (χ1n) is 10.9. The summed E-state index contributed by atoms with van der Waals surface area (Å²) in [6, 6.07) is 13.8. The second-order valence-electron chi connectivity index (χ2n) is 8.20. The van der Waals surface area contributed by atoms with E-state index in [0.717, 1.165) is 24.2 Å². The number of aliphatic hydroxyl groups is 1. The van der Waals surface area contributed by atoms with Crippen molar-refractivity contribution < 1.29 is 33.8 Å². The quantitative estimate of drug-likeness (QED) is 0.338. The third-order valence-electron chi connectivity index (χ3n) is 6.01. The second kappa shape index (κ2) is 8.55. The van der Waals surface area contributed by atoms with Crippen LogP contribution in [0.5, 0.6) is 5.75 Å². The lowest BCUT2D eigenvalue weighted by Gasteiger charge is -2.23. The first-order chi connectivity index (χ1) is 16.4. The average molecular weight is 459 g/mol. The number of carboxylic acid groups (broad SMARTS) is 1. The topological polar surface area (TPSA) is 117 Å². The van der Waals surface area contributed by atoms with Gasteiger partial charge in [-0.25, -0.2) is 0 Å². The van der Waals surface area contributed by atoms with Gasteiger partial charge < -0.3 is 19.4 Å². The molecule has 0 spiro atoms. The van der Waals surface area contributed by atoms with Crippen LogP contribution in [-0.4, -0.2) is 34.5 Å². The Kier molecular flexibility index (Phi) is 5.41. The van der Waals surface area contributed by atoms with E-state index in [9.17, 15) is 19.5 Å². The molecule has 172 valence electrons. The summed E-state index contributed by atoms with van der Waals surface area (Å²) in [7, 11) is 0. The standard InChI is InChI=1S/C26H21NO7/c28-21(29)13-15-5-8-18(9-6-15)27-23(20-4-2-12-34-20)22(25(31)26(27)32)24(30)17-7-10-19-16(14-17)3-1-11-33-19/h2,4-10,12,14,23,30H,1,3,11,13H2,(H,28,29)/b24-22-. The summed E-state index contributed by atoms with van der Waals surface area (Å²) in [6.07, 6.45) is 2.91. The van der Waals surface area contributed by atoms with Gasteiger partial charge in [0.1, 0.15) is 23.3 Å². The van der Waals surface area contributed by atoms with Gasteiger partial charge in [0.25, 0.3) is 11.7 Å². The zero-order valence-corrected chi connectivity index (χ0v) is 18.1. The first kappa shape index (κ1) is 21.5. The fourth-order valence-corrected chi connectivity index (χ4v) is 4.43. The number of hydrogen-bond acceptors (Lipinski definition) is 6. The van der Waals surface area contributed by atoms with Crippen molar-refractivity contribution in [3.8, 4) is 5.75 Å². The van der Waals surface area contributed by atoms with Crippen LogP contribution in [0, 0.1) is 0 Å². The zero-order chi connectivity index (χ0) is 23.8. The van der Waals surface area contributed by atoms with Crippen molar-refractivity contribution in [2.45, 2.75) is 25.3 Å². The number of ketones is 1. The van der Waals surface area contributed by atoms with E-state index >= 15 is 0 Å². The molecule has 2 aliphatic rings. The van der Waals surface area contributed by atoms with E-state index < -0.39 is 23.7 Å². The molecule has 1 aromatic heterocycles. The highest BCUT2D eigenvalue weighted by atomic mass is 16.5. The molecule has 2 aliphatic heterocycles. The predicted octanol–water partition coefficient (Wildman–Crippen LogP) is 3.86. The Morgan fingerprint density at radius 2 is 1.85 bits per heavy atom. The third-order valence-corrected chi connectivity index (χ3v) is 6.01. The fraction of sp³-hybridized carbons (Fsp3) is 0.192. The molecule has 0 radical (unpaired) electrons. The molecule has 1 amide bonds. The highest BCUT2D eigenvalue weighted by Gasteiger charge is 2.48. The lowest BCUT2D eigenvalue weighted by atomic mass is 9.96. The van der Waals surface area contributed by atoms with Gasteiger partial charge in [0, 0.05) is 11.3 Å². The Morgan fingerprint density at radius 3 is 2.56 bits per heavy atom. The van der Waals surface area contributed by atoms with Gasteiger partial charge >= 0.3 is 5.97 Å². The number of ether oxygens (including phenoxy) is 1. The van der Waals surface area contributed by atoms with Crippen molar-refractivity contribution in [2.24, 2.45) is 0 Å². The lowest BCUT2D eigenvalue weighted by Crippen LogP contribution is -2.29. The van der Waals surface area contributed by atoms with Gasteiger partial charge in [0.05, 0.1) is 24.9 Å². The predicted molar refractivity (Wildman–Crippen MR) is 122 cm³/mol. The lowest BCUT2D eigenvalue weighted by molar-refractivity contribution is -0.136. The normalized spacial score (nSPS) is 19.1. The monoisotopic (exact) mass is 459 g/mol. The molecule has 2 N–H and O–H groups in total. The summed E-state index contributed by atoms with van der Waals surface area (Å²) < 4.78 is 11.2. The number of carbonyl (C=O) groups is 3. The van der Waals surface area contributed by atoms with Crippen LogP contribution < -0.4 is 9.64 Å². The molecule has 1 fully saturated rings. The summed E-state index contributed by atoms with van der Waals surface area (Å²) >= 11 is 0. The molecule has 3 heterocycles. The number of fused-ring (bicyclic) bond motifs is 1. The van der Waals surface area contributed by atoms with E-state index in [1.165, 1.54) is 11.2 Å². The van der Waals surface area contributed by atoms with Gasteiger partial charge in [-0.1, -0.05) is 12.1 Å². The van der Waals surface area contributed by atoms with Gasteiger partial charge in [-0.15, -0.1) is 0 Å². The van der Waals surface area contributed by atoms with Crippen molar-refractivity contribution >= 4 is 29.1 Å². The van der Waals surface area contributed by atoms with Crippen LogP contribution in [-0.2, 0) is 27.2 Å². The Morgan fingerprint density at radius 1 is 1.06 bits per heavy atom. The van der Waals surface area contributed by atoms with Crippen LogP contribution in [0.1, 0.15) is 34.9 Å². The number of carbonyl (C=O) groups excluding carboxylic acids is 2. The molecule has 1 unspecified atom stereocenters. The summed E-state index contributed by atoms with van der Waals surface area (Å²) in [5.41, 5.74) is 2.20. The molecule has 5 rings (SSSR count). The number of nitrogens with zero attached hydrogens (tertiary/aromatic N) is 1. The Balaban J connectivity index is 1.61. The Labute approximate surface area is 194 Å². The molecule has 1 saturated heterocycles. The number of benzene rings is 2. The molecular weight excluding hydrogens is 438 g/mol. The van der Waals surface area contributed by atoms with Crippen molar-refractivity contribution in [1.29, 1.82) is 0 Å². The molecule has 0 aliphatic carbocycles. The van der Waals surface area contributed by atoms with E-state index in [0.29, 0.717) is 29.2 Å². The number of hydrogen-bond donors (Lipinski definition) is 2. The number of Topliss-reactive ketones (excluding diaryl/α,β-unsaturated/α-hetero) is 1. The van der Waals surface area contributed by atoms with Crippen LogP contribution in [0.15, 0.2) is 70.9 Å². The molecule has 0 saturated carbocycles. The van der Waals surface area contributed by atoms with Crippen molar-refractivity contribution in [2.75, 3.05) is 11.5 Å². The molecule has 8 nitrogen and oxygen atoms in total. The number of furan rings is 1. The summed E-state index contributed by atoms with van der Waals surface area (Å²) in [5.74, 6) is -1.85. The second-order valence-corrected chi connectivity index (χ2v) is 8.20. The highest BCUT2D eigenvalue weighted by molar-refractivity contribution is 6.51. The van der Waals surface area contributed by atoms with E-state index in [1.807, 2.05) is 0 Å². The minimum atomic E-state index is -0.979. The number of aryl methyl sites for hydroxylation is 1. The fourth-order valence-electron chi connectivity index (χ4n) is 4.43. The van der Waals surface area contributed by atoms with Gasteiger partial charge in [0.15, 0.2) is 0 Å². The minimum Gasteiger partial charge on any atom is -0.507 e. The number of aliphatic carboxylic acids is 1. The largest absolute Gasteiger partial charge is 0.507 e. The van der Waals surface area contributed by atoms with Gasteiger partial charge in [-0.05, 0) is 66.4 Å². The van der Waals surface area contributed by atoms with Crippen LogP contribution in [0.3, 0.4) is 0 Å². The van der Waals surface area contributed by atoms with Gasteiger partial charge in [-0.3, -0.25) is 19.3 Å². The number of rotatable bonds is 5. The molecular formula is C26H21NO7. The molecule has 1 atom stereocenters. The van der Waals surface area contributed by atoms with Crippen molar-refractivity contribution in [1.82, 2.24) is 0 Å². The maximum absolute atomic E-state index is 13.2. The third kappa shape index (κ3) is 3.73. The molecule has 34 heavy (non-hydrogen) atoms. The van der Waals surface area contributed by atoms with Gasteiger partial charge in [0.2, 0.25) is 0 Å². The van der Waals surface area contributed by atoms with E-state index in [1.54, 1.807) is 54.6 Å². The smallest absolute Gasteiger partial charge is 0.307 e. The number of amides is 1. The van der Waals surface area contributed by atoms with Crippen LogP contribution >= 0.6 is 0 Å². The Hall–Kier alpha value is -4.33. The highest BCUT2D eigenvalue weighted by Crippen LogP contribution is 2.42. The van der Waals surface area contributed by atoms with Crippen molar-refractivity contribution in [3.63, 3.8) is 0 Å². The number of anilines is 1. The summed E-state index contributed by atoms with van der Waals surface area (Å²) in [5, 5.41) is 20.2. The number of aliphatic hydroxyl groups excluding tert-OH is 1. The summed E-state index contributed by atoms with van der Waals surface area (Å²) in [4.78, 5) is 38.5.